The molecule has 1 aromatic rings. The van der Waals surface area contributed by atoms with Crippen LogP contribution in [0.25, 0.3) is 0 Å². The predicted octanol–water partition coefficient (Wildman–Crippen LogP) is 2.35. The van der Waals surface area contributed by atoms with Crippen LogP contribution in [0.5, 0.6) is 5.75 Å². The fraction of sp³-hybridized carbons (Fsp3) is 0.467. The molecule has 1 aromatic carbocycles. The maximum atomic E-state index is 13.6. The van der Waals surface area contributed by atoms with Crippen LogP contribution in [0, 0.1) is 5.82 Å². The Hall–Kier alpha value is -2.31. The molecule has 7 heteroatoms. The minimum Gasteiger partial charge on any atom is -0.494 e. The van der Waals surface area contributed by atoms with Crippen LogP contribution in [-0.2, 0) is 16.0 Å². The van der Waals surface area contributed by atoms with E-state index in [1.165, 1.54) is 25.3 Å². The van der Waals surface area contributed by atoms with E-state index in [2.05, 4.69) is 5.32 Å². The predicted molar refractivity (Wildman–Crippen MR) is 77.4 cm³/mol. The molecule has 0 bridgehead atoms. The van der Waals surface area contributed by atoms with Gasteiger partial charge in [0.05, 0.1) is 7.11 Å². The van der Waals surface area contributed by atoms with Crippen molar-refractivity contribution in [2.24, 2.45) is 0 Å². The van der Waals surface area contributed by atoms with Crippen LogP contribution in [0.1, 0.15) is 26.3 Å². The molecule has 2 N–H and O–H groups in total. The summed E-state index contributed by atoms with van der Waals surface area (Å²) >= 11 is 0. The lowest BCUT2D eigenvalue weighted by atomic mass is 10.1. The topological polar surface area (TPSA) is 84.9 Å². The van der Waals surface area contributed by atoms with Crippen molar-refractivity contribution < 1.29 is 28.6 Å². The molecule has 0 aliphatic rings. The zero-order valence-corrected chi connectivity index (χ0v) is 13.0. The number of carboxylic acid groups (broad SMARTS) is 1. The Morgan fingerprint density at radius 2 is 2.00 bits per heavy atom. The monoisotopic (exact) mass is 313 g/mol. The summed E-state index contributed by atoms with van der Waals surface area (Å²) in [7, 11) is 1.34. The molecule has 22 heavy (non-hydrogen) atoms. The van der Waals surface area contributed by atoms with Crippen molar-refractivity contribution in [3.8, 4) is 5.75 Å². The minimum absolute atomic E-state index is 0.0655. The maximum Gasteiger partial charge on any atom is 0.408 e. The summed E-state index contributed by atoms with van der Waals surface area (Å²) in [6.45, 7) is 5.00. The third-order valence-electron chi connectivity index (χ3n) is 2.65. The van der Waals surface area contributed by atoms with Crippen molar-refractivity contribution in [1.82, 2.24) is 5.32 Å². The van der Waals surface area contributed by atoms with Crippen molar-refractivity contribution in [2.45, 2.75) is 38.8 Å². The highest BCUT2D eigenvalue weighted by atomic mass is 19.1. The minimum atomic E-state index is -1.23. The molecule has 0 aliphatic heterocycles. The van der Waals surface area contributed by atoms with Gasteiger partial charge in [-0.05, 0) is 38.5 Å². The third kappa shape index (κ3) is 5.59. The molecule has 6 nitrogen and oxygen atoms in total. The van der Waals surface area contributed by atoms with Gasteiger partial charge in [-0.15, -0.1) is 0 Å². The molecule has 0 heterocycles. The molecule has 0 saturated carbocycles. The zero-order chi connectivity index (χ0) is 16.9. The number of aliphatic carboxylic acids is 1. The Bertz CT molecular complexity index is 553. The Balaban J connectivity index is 2.78. The van der Waals surface area contributed by atoms with Crippen molar-refractivity contribution in [3.05, 3.63) is 29.6 Å². The highest BCUT2D eigenvalue weighted by Gasteiger charge is 2.24. The summed E-state index contributed by atoms with van der Waals surface area (Å²) in [6.07, 6.45) is -0.913. The van der Waals surface area contributed by atoms with E-state index in [0.29, 0.717) is 5.56 Å². The first-order valence-corrected chi connectivity index (χ1v) is 6.67. The van der Waals surface area contributed by atoms with Crippen LogP contribution in [0.4, 0.5) is 9.18 Å². The van der Waals surface area contributed by atoms with Gasteiger partial charge in [-0.25, -0.2) is 14.0 Å². The number of alkyl carbamates (subject to hydrolysis) is 1. The van der Waals surface area contributed by atoms with E-state index >= 15 is 0 Å². The van der Waals surface area contributed by atoms with Crippen molar-refractivity contribution in [3.63, 3.8) is 0 Å². The molecule has 1 amide bonds. The van der Waals surface area contributed by atoms with Gasteiger partial charge < -0.3 is 19.9 Å². The van der Waals surface area contributed by atoms with Gasteiger partial charge in [-0.1, -0.05) is 6.07 Å². The Morgan fingerprint density at radius 3 is 2.45 bits per heavy atom. The van der Waals surface area contributed by atoms with Gasteiger partial charge in [-0.2, -0.15) is 0 Å². The van der Waals surface area contributed by atoms with Crippen LogP contribution in [0.3, 0.4) is 0 Å². The molecule has 122 valence electrons. The molecule has 0 unspecified atom stereocenters. The molecule has 0 radical (unpaired) electrons. The number of halogens is 1. The summed E-state index contributed by atoms with van der Waals surface area (Å²) in [6, 6.07) is 2.89. The van der Waals surface area contributed by atoms with Crippen molar-refractivity contribution in [1.29, 1.82) is 0 Å². The van der Waals surface area contributed by atoms with Gasteiger partial charge in [0.25, 0.3) is 0 Å². The fourth-order valence-corrected chi connectivity index (χ4v) is 1.72. The van der Waals surface area contributed by atoms with E-state index in [4.69, 9.17) is 14.6 Å². The zero-order valence-electron chi connectivity index (χ0n) is 13.0. The first-order valence-electron chi connectivity index (χ1n) is 6.67. The second-order valence-electron chi connectivity index (χ2n) is 5.71. The molecule has 1 rings (SSSR count). The van der Waals surface area contributed by atoms with Crippen LogP contribution < -0.4 is 10.1 Å². The Morgan fingerprint density at radius 1 is 1.36 bits per heavy atom. The van der Waals surface area contributed by atoms with Gasteiger partial charge in [0.1, 0.15) is 11.6 Å². The fourth-order valence-electron chi connectivity index (χ4n) is 1.72. The molecule has 0 aliphatic carbocycles. The smallest absolute Gasteiger partial charge is 0.408 e. The van der Waals surface area contributed by atoms with Crippen LogP contribution in [-0.4, -0.2) is 35.9 Å². The van der Waals surface area contributed by atoms with E-state index < -0.39 is 29.5 Å². The quantitative estimate of drug-likeness (QED) is 0.871. The van der Waals surface area contributed by atoms with E-state index in [9.17, 15) is 14.0 Å². The van der Waals surface area contributed by atoms with E-state index in [-0.39, 0.29) is 12.2 Å². The third-order valence-corrected chi connectivity index (χ3v) is 2.65. The summed E-state index contributed by atoms with van der Waals surface area (Å²) in [5.41, 5.74) is -0.318. The highest BCUT2D eigenvalue weighted by molar-refractivity contribution is 5.80. The standard InChI is InChI=1S/C15H20FNO5/c1-15(2,3)22-14(20)17-11(13(18)19)8-9-5-6-12(21-4)10(16)7-9/h5-7,11H,8H2,1-4H3,(H,17,20)(H,18,19)/t11-/m0/s1. The molecule has 0 aromatic heterocycles. The number of hydrogen-bond acceptors (Lipinski definition) is 4. The second-order valence-corrected chi connectivity index (χ2v) is 5.71. The molecule has 0 fully saturated rings. The number of nitrogens with one attached hydrogen (secondary N) is 1. The normalized spacial score (nSPS) is 12.4. The molecule has 0 spiro atoms. The van der Waals surface area contributed by atoms with Gasteiger partial charge in [0, 0.05) is 6.42 Å². The van der Waals surface area contributed by atoms with Crippen LogP contribution >= 0.6 is 0 Å². The number of rotatable bonds is 5. The Kier molecular flexibility index (Phi) is 5.73. The number of carboxylic acids is 1. The largest absolute Gasteiger partial charge is 0.494 e. The number of carbonyl (C=O) groups excluding carboxylic acids is 1. The average Bonchev–Trinajstić information content (AvgIpc) is 2.35. The van der Waals surface area contributed by atoms with Crippen LogP contribution in [0.2, 0.25) is 0 Å². The van der Waals surface area contributed by atoms with Gasteiger partial charge in [-0.3, -0.25) is 0 Å². The first-order chi connectivity index (χ1) is 10.1. The number of carbonyl (C=O) groups is 2. The van der Waals surface area contributed by atoms with Gasteiger partial charge in [0.2, 0.25) is 0 Å². The number of benzene rings is 1. The summed E-state index contributed by atoms with van der Waals surface area (Å²) in [5.74, 6) is -1.76. The average molecular weight is 313 g/mol. The van der Waals surface area contributed by atoms with Crippen molar-refractivity contribution in [2.75, 3.05) is 7.11 Å². The lowest BCUT2D eigenvalue weighted by molar-refractivity contribution is -0.139. The first kappa shape index (κ1) is 17.7. The van der Waals surface area contributed by atoms with E-state index in [0.717, 1.165) is 0 Å². The highest BCUT2D eigenvalue weighted by Crippen LogP contribution is 2.18. The number of methoxy groups -OCH3 is 1. The SMILES string of the molecule is COc1ccc(C[C@H](NC(=O)OC(C)(C)C)C(=O)O)cc1F. The Labute approximate surface area is 128 Å². The lowest BCUT2D eigenvalue weighted by Crippen LogP contribution is -2.44. The van der Waals surface area contributed by atoms with Gasteiger partial charge >= 0.3 is 12.1 Å². The number of ether oxygens (including phenoxy) is 2. The second kappa shape index (κ2) is 7.11. The number of amides is 1. The van der Waals surface area contributed by atoms with E-state index in [1.54, 1.807) is 20.8 Å². The molecular weight excluding hydrogens is 293 g/mol. The van der Waals surface area contributed by atoms with E-state index in [1.807, 2.05) is 0 Å². The van der Waals surface area contributed by atoms with Crippen LogP contribution in [0.15, 0.2) is 18.2 Å². The molecule has 0 saturated heterocycles. The molecular formula is C15H20FNO5. The lowest BCUT2D eigenvalue weighted by Gasteiger charge is -2.22. The summed E-state index contributed by atoms with van der Waals surface area (Å²) in [5, 5.41) is 11.4. The summed E-state index contributed by atoms with van der Waals surface area (Å²) < 4.78 is 23.4. The van der Waals surface area contributed by atoms with Crippen molar-refractivity contribution >= 4 is 12.1 Å². The maximum absolute atomic E-state index is 13.6. The summed E-state index contributed by atoms with van der Waals surface area (Å²) in [4.78, 5) is 22.9. The molecule has 1 atom stereocenters. The number of hydrogen-bond donors (Lipinski definition) is 2. The van der Waals surface area contributed by atoms with Gasteiger partial charge in [0.15, 0.2) is 11.6 Å².